The van der Waals surface area contributed by atoms with Gasteiger partial charge in [0.05, 0.1) is 23.7 Å². The molecule has 30 heavy (non-hydrogen) atoms. The van der Waals surface area contributed by atoms with E-state index in [0.717, 1.165) is 23.4 Å². The van der Waals surface area contributed by atoms with E-state index in [1.54, 1.807) is 0 Å². The van der Waals surface area contributed by atoms with Gasteiger partial charge in [0.1, 0.15) is 0 Å². The number of ether oxygens (including phenoxy) is 1. The highest BCUT2D eigenvalue weighted by Gasteiger charge is 2.52. The van der Waals surface area contributed by atoms with Gasteiger partial charge in [0.15, 0.2) is 0 Å². The van der Waals surface area contributed by atoms with Gasteiger partial charge in [0, 0.05) is 24.5 Å². The average molecular weight is 436 g/mol. The summed E-state index contributed by atoms with van der Waals surface area (Å²) in [4.78, 5) is 12.3. The molecule has 4 aliphatic carbocycles. The predicted molar refractivity (Wildman–Crippen MR) is 120 cm³/mol. The van der Waals surface area contributed by atoms with Crippen molar-refractivity contribution in [2.75, 3.05) is 29.6 Å². The van der Waals surface area contributed by atoms with Crippen LogP contribution in [0.1, 0.15) is 45.4 Å². The third-order valence-corrected chi connectivity index (χ3v) is 7.18. The third kappa shape index (κ3) is 5.40. The van der Waals surface area contributed by atoms with E-state index in [0.29, 0.717) is 18.8 Å². The van der Waals surface area contributed by atoms with Crippen molar-refractivity contribution in [3.63, 3.8) is 0 Å². The fourth-order valence-electron chi connectivity index (χ4n) is 6.05. The highest BCUT2D eigenvalue weighted by Crippen LogP contribution is 2.57. The third-order valence-electron chi connectivity index (χ3n) is 6.82. The van der Waals surface area contributed by atoms with Crippen molar-refractivity contribution in [3.05, 3.63) is 24.3 Å². The second-order valence-electron chi connectivity index (χ2n) is 9.63. The van der Waals surface area contributed by atoms with Crippen LogP contribution in [0.2, 0.25) is 0 Å². The number of carbonyl (C=O) groups is 1. The van der Waals surface area contributed by atoms with E-state index in [1.807, 2.05) is 24.3 Å². The SMILES string of the molecule is CC(CNC(=O)Nc1cccc(NCC(O)CCl)c1)OC12CC3CC(CC(C3)C1)C2. The number of hydrogen-bond acceptors (Lipinski definition) is 4. The first-order valence-electron chi connectivity index (χ1n) is 11.2. The van der Waals surface area contributed by atoms with Crippen LogP contribution < -0.4 is 16.0 Å². The van der Waals surface area contributed by atoms with Crippen LogP contribution in [-0.4, -0.2) is 47.9 Å². The minimum Gasteiger partial charge on any atom is -0.390 e. The van der Waals surface area contributed by atoms with Crippen LogP contribution in [0, 0.1) is 17.8 Å². The number of alkyl halides is 1. The lowest BCUT2D eigenvalue weighted by molar-refractivity contribution is -0.182. The number of nitrogens with one attached hydrogen (secondary N) is 3. The van der Waals surface area contributed by atoms with Crippen LogP contribution in [0.3, 0.4) is 0 Å². The van der Waals surface area contributed by atoms with E-state index in [2.05, 4.69) is 22.9 Å². The molecule has 7 heteroatoms. The lowest BCUT2D eigenvalue weighted by Crippen LogP contribution is -2.54. The maximum Gasteiger partial charge on any atom is 0.319 e. The second-order valence-corrected chi connectivity index (χ2v) is 9.94. The maximum absolute atomic E-state index is 12.3. The first-order chi connectivity index (χ1) is 14.4. The number of urea groups is 1. The summed E-state index contributed by atoms with van der Waals surface area (Å²) in [7, 11) is 0. The molecule has 6 nitrogen and oxygen atoms in total. The Hall–Kier alpha value is -1.50. The van der Waals surface area contributed by atoms with Crippen LogP contribution >= 0.6 is 11.6 Å². The number of amides is 2. The molecule has 0 saturated heterocycles. The van der Waals surface area contributed by atoms with E-state index in [-0.39, 0.29) is 23.6 Å². The Morgan fingerprint density at radius 3 is 2.43 bits per heavy atom. The molecule has 4 aliphatic rings. The zero-order valence-corrected chi connectivity index (χ0v) is 18.5. The molecule has 0 heterocycles. The number of benzene rings is 1. The smallest absolute Gasteiger partial charge is 0.319 e. The van der Waals surface area contributed by atoms with Gasteiger partial charge in [0.2, 0.25) is 0 Å². The molecule has 2 atom stereocenters. The van der Waals surface area contributed by atoms with Crippen LogP contribution in [0.4, 0.5) is 16.2 Å². The first kappa shape index (κ1) is 21.7. The van der Waals surface area contributed by atoms with Crippen molar-refractivity contribution in [2.45, 2.75) is 63.3 Å². The van der Waals surface area contributed by atoms with Gasteiger partial charge in [-0.15, -0.1) is 11.6 Å². The van der Waals surface area contributed by atoms with Crippen LogP contribution in [0.15, 0.2) is 24.3 Å². The van der Waals surface area contributed by atoms with Crippen molar-refractivity contribution in [2.24, 2.45) is 17.8 Å². The zero-order chi connectivity index (χ0) is 21.1. The number of hydrogen-bond donors (Lipinski definition) is 4. The summed E-state index contributed by atoms with van der Waals surface area (Å²) in [6, 6.07) is 7.15. The Labute approximate surface area is 184 Å². The van der Waals surface area contributed by atoms with Gasteiger partial charge in [-0.2, -0.15) is 0 Å². The van der Waals surface area contributed by atoms with Crippen LogP contribution in [-0.2, 0) is 4.74 Å². The Balaban J connectivity index is 1.22. The van der Waals surface area contributed by atoms with Crippen molar-refractivity contribution >= 4 is 29.0 Å². The summed E-state index contributed by atoms with van der Waals surface area (Å²) >= 11 is 5.61. The Morgan fingerprint density at radius 1 is 1.17 bits per heavy atom. The highest BCUT2D eigenvalue weighted by molar-refractivity contribution is 6.18. The molecule has 5 rings (SSSR count). The van der Waals surface area contributed by atoms with Crippen LogP contribution in [0.5, 0.6) is 0 Å². The van der Waals surface area contributed by atoms with Crippen molar-refractivity contribution in [1.82, 2.24) is 5.32 Å². The number of aliphatic hydroxyl groups excluding tert-OH is 1. The summed E-state index contributed by atoms with van der Waals surface area (Å²) in [5, 5.41) is 18.5. The summed E-state index contributed by atoms with van der Waals surface area (Å²) in [6.07, 6.45) is 7.19. The predicted octanol–water partition coefficient (Wildman–Crippen LogP) is 4.19. The molecule has 4 saturated carbocycles. The lowest BCUT2D eigenvalue weighted by atomic mass is 9.54. The van der Waals surface area contributed by atoms with E-state index in [1.165, 1.54) is 38.5 Å². The molecule has 2 amide bonds. The molecule has 1 aromatic carbocycles. The number of rotatable bonds is 9. The second kappa shape index (κ2) is 9.33. The van der Waals surface area contributed by atoms with Crippen molar-refractivity contribution < 1.29 is 14.6 Å². The molecule has 4 bridgehead atoms. The lowest BCUT2D eigenvalue weighted by Gasteiger charge is -2.57. The quantitative estimate of drug-likeness (QED) is 0.438. The fraction of sp³-hybridized carbons (Fsp3) is 0.696. The highest BCUT2D eigenvalue weighted by atomic mass is 35.5. The molecule has 166 valence electrons. The molecule has 0 radical (unpaired) electrons. The molecule has 0 spiro atoms. The Morgan fingerprint density at radius 2 is 1.80 bits per heavy atom. The van der Waals surface area contributed by atoms with Gasteiger partial charge >= 0.3 is 6.03 Å². The van der Waals surface area contributed by atoms with Gasteiger partial charge in [0.25, 0.3) is 0 Å². The number of halogens is 1. The molecule has 0 aromatic heterocycles. The molecular formula is C23H34ClN3O3. The molecule has 1 aromatic rings. The maximum atomic E-state index is 12.3. The minimum atomic E-state index is -0.609. The molecular weight excluding hydrogens is 402 g/mol. The summed E-state index contributed by atoms with van der Waals surface area (Å²) in [6.45, 7) is 2.91. The normalized spacial score (nSPS) is 31.2. The largest absolute Gasteiger partial charge is 0.390 e. The fourth-order valence-corrected chi connectivity index (χ4v) is 6.16. The molecule has 2 unspecified atom stereocenters. The topological polar surface area (TPSA) is 82.6 Å². The summed E-state index contributed by atoms with van der Waals surface area (Å²) in [5.41, 5.74) is 1.56. The monoisotopic (exact) mass is 435 g/mol. The summed E-state index contributed by atoms with van der Waals surface area (Å²) in [5.74, 6) is 2.74. The average Bonchev–Trinajstić information content (AvgIpc) is 2.69. The zero-order valence-electron chi connectivity index (χ0n) is 17.7. The molecule has 0 aliphatic heterocycles. The van der Waals surface area contributed by atoms with Crippen LogP contribution in [0.25, 0.3) is 0 Å². The number of anilines is 2. The number of aliphatic hydroxyl groups is 1. The van der Waals surface area contributed by atoms with Crippen molar-refractivity contribution in [3.8, 4) is 0 Å². The Kier molecular flexibility index (Phi) is 6.75. The number of carbonyl (C=O) groups excluding carboxylic acids is 1. The van der Waals surface area contributed by atoms with Gasteiger partial charge in [-0.25, -0.2) is 4.79 Å². The van der Waals surface area contributed by atoms with Gasteiger partial charge in [-0.05, 0) is 81.4 Å². The minimum absolute atomic E-state index is 0.00274. The first-order valence-corrected chi connectivity index (χ1v) is 11.8. The van der Waals surface area contributed by atoms with Gasteiger partial charge in [-0.3, -0.25) is 0 Å². The molecule has 4 fully saturated rings. The van der Waals surface area contributed by atoms with E-state index >= 15 is 0 Å². The van der Waals surface area contributed by atoms with Crippen molar-refractivity contribution in [1.29, 1.82) is 0 Å². The molecule has 4 N–H and O–H groups in total. The van der Waals surface area contributed by atoms with E-state index in [9.17, 15) is 9.90 Å². The van der Waals surface area contributed by atoms with Gasteiger partial charge in [-0.1, -0.05) is 6.07 Å². The van der Waals surface area contributed by atoms with E-state index < -0.39 is 6.10 Å². The van der Waals surface area contributed by atoms with Gasteiger partial charge < -0.3 is 25.8 Å². The Bertz CT molecular complexity index is 709. The summed E-state index contributed by atoms with van der Waals surface area (Å²) < 4.78 is 6.55. The standard InChI is InChI=1S/C23H34ClN3O3/c1-15(30-23-9-16-5-17(10-23)7-18(6-16)11-23)13-26-22(29)27-20-4-2-3-19(8-20)25-14-21(28)12-24/h2-4,8,15-18,21,25,28H,5-7,9-14H2,1H3,(H2,26,27,29). The van der Waals surface area contributed by atoms with E-state index in [4.69, 9.17) is 16.3 Å².